The molecule has 106 heavy (non-hydrogen) atoms. The van der Waals surface area contributed by atoms with Crippen LogP contribution in [0.4, 0.5) is 49.9 Å². The zero-order valence-corrected chi connectivity index (χ0v) is 64.1. The number of hydrogen-bond acceptors (Lipinski definition) is 18. The third kappa shape index (κ3) is 15.5. The monoisotopic (exact) mass is 1480 g/mol. The molecule has 28 heteroatoms. The molecule has 8 aromatic rings. The second-order valence-electron chi connectivity index (χ2n) is 30.8. The molecule has 0 unspecified atom stereocenters. The number of carbonyl (C=O) groups is 2. The van der Waals surface area contributed by atoms with Gasteiger partial charge in [0, 0.05) is 76.3 Å². The Kier molecular flexibility index (Phi) is 22.5. The lowest BCUT2D eigenvalue weighted by molar-refractivity contribution is 0.00578. The molecule has 13 rings (SSSR count). The molecule has 0 spiro atoms. The van der Waals surface area contributed by atoms with Crippen LogP contribution in [0, 0.1) is 23.3 Å². The third-order valence-corrected chi connectivity index (χ3v) is 19.9. The van der Waals surface area contributed by atoms with E-state index < -0.39 is 58.9 Å². The summed E-state index contributed by atoms with van der Waals surface area (Å²) in [5.41, 5.74) is 2.13. The van der Waals surface area contributed by atoms with Crippen molar-refractivity contribution in [1.29, 1.82) is 0 Å². The fraction of sp³-hybridized carbons (Fsp3) is 0.462. The number of methoxy groups -OCH3 is 2. The fourth-order valence-electron chi connectivity index (χ4n) is 13.9. The summed E-state index contributed by atoms with van der Waals surface area (Å²) < 4.78 is 108. The van der Waals surface area contributed by atoms with Crippen molar-refractivity contribution in [3.8, 4) is 34.1 Å². The van der Waals surface area contributed by atoms with Crippen LogP contribution in [-0.4, -0.2) is 162 Å². The summed E-state index contributed by atoms with van der Waals surface area (Å²) in [5.74, 6) is -2.02. The molecule has 3 saturated heterocycles. The summed E-state index contributed by atoms with van der Waals surface area (Å²) >= 11 is 6.16. The second kappa shape index (κ2) is 30.6. The molecular formula is C78H94BClF4N10O12. The van der Waals surface area contributed by atoms with Crippen LogP contribution in [-0.2, 0) is 28.3 Å². The summed E-state index contributed by atoms with van der Waals surface area (Å²) in [4.78, 5) is 71.5. The number of nitrogens with one attached hydrogen (secondary N) is 2. The van der Waals surface area contributed by atoms with Gasteiger partial charge in [-0.15, -0.1) is 0 Å². The Bertz CT molecular complexity index is 4760. The Morgan fingerprint density at radius 2 is 1.02 bits per heavy atom. The highest BCUT2D eigenvalue weighted by molar-refractivity contribution is 6.63. The van der Waals surface area contributed by atoms with Crippen LogP contribution < -0.4 is 46.5 Å². The Hall–Kier alpha value is -9.15. The number of ether oxygens (including phenoxy) is 6. The third-order valence-electron chi connectivity index (χ3n) is 19.6. The fourth-order valence-corrected chi connectivity index (χ4v) is 14.0. The minimum Gasteiger partial charge on any atom is -0.468 e. The number of piperazine rings is 2. The first-order valence-electron chi connectivity index (χ1n) is 35.5. The molecule has 9 heterocycles. The number of hydrogen-bond donors (Lipinski definition) is 2. The van der Waals surface area contributed by atoms with Gasteiger partial charge in [0.1, 0.15) is 51.4 Å². The molecule has 5 aliphatic rings. The molecule has 4 atom stereocenters. The van der Waals surface area contributed by atoms with Gasteiger partial charge in [0.25, 0.3) is 11.1 Å². The van der Waals surface area contributed by atoms with E-state index in [1.807, 2.05) is 145 Å². The molecule has 4 aromatic carbocycles. The number of halogens is 5. The van der Waals surface area contributed by atoms with Gasteiger partial charge in [-0.05, 0) is 155 Å². The van der Waals surface area contributed by atoms with Crippen molar-refractivity contribution in [3.05, 3.63) is 157 Å². The summed E-state index contributed by atoms with van der Waals surface area (Å²) in [6.45, 7) is 32.9. The maximum absolute atomic E-state index is 16.4. The van der Waals surface area contributed by atoms with Crippen molar-refractivity contribution in [1.82, 2.24) is 28.9 Å². The lowest BCUT2D eigenvalue weighted by Gasteiger charge is -2.49. The number of amides is 2. The summed E-state index contributed by atoms with van der Waals surface area (Å²) in [7, 11) is 2.14. The van der Waals surface area contributed by atoms with Crippen LogP contribution >= 0.6 is 11.6 Å². The van der Waals surface area contributed by atoms with Gasteiger partial charge in [0.05, 0.1) is 57.1 Å². The zero-order valence-electron chi connectivity index (χ0n) is 63.3. The first-order valence-corrected chi connectivity index (χ1v) is 35.9. The van der Waals surface area contributed by atoms with Crippen molar-refractivity contribution in [3.63, 3.8) is 0 Å². The molecule has 0 saturated carbocycles. The van der Waals surface area contributed by atoms with E-state index in [0.717, 1.165) is 11.1 Å². The second-order valence-corrected chi connectivity index (χ2v) is 31.1. The predicted molar refractivity (Wildman–Crippen MR) is 404 cm³/mol. The average Bonchev–Trinajstić information content (AvgIpc) is 0.985. The quantitative estimate of drug-likeness (QED) is 0.0503. The normalized spacial score (nSPS) is 18.7. The highest BCUT2D eigenvalue weighted by atomic mass is 35.5. The lowest BCUT2D eigenvalue weighted by Crippen LogP contribution is -2.63. The molecule has 2 amide bonds. The van der Waals surface area contributed by atoms with E-state index in [9.17, 15) is 28.0 Å². The Balaban J connectivity index is 0.000000172. The SMILES string of the molecule is CC(C)c1ccccc1-n1c(=O)c2c(c3cc(F)c(Cl)nc31)N1C[C@@H](C)N(C(=O)OC(C)(C)C)C[C@@H]1CN2.COCOc1cccc(F)c1-c1nc2c(cc1F)c1c(c(=O)n2-c2ccccc2C(C)C)NC[C@H]2CN(C(=O)OC(C)(C)C)[C@H](C)CN12.COCOc1cccc(F)c1B1OC(C)(C)C(C)(C)O1. The first kappa shape index (κ1) is 77.9. The topological polar surface area (TPSA) is 215 Å². The van der Waals surface area contributed by atoms with E-state index in [4.69, 9.17) is 54.3 Å². The van der Waals surface area contributed by atoms with Gasteiger partial charge < -0.3 is 68.0 Å². The van der Waals surface area contributed by atoms with E-state index in [1.165, 1.54) is 59.8 Å². The number of pyridine rings is 4. The molecule has 566 valence electrons. The molecule has 4 aromatic heterocycles. The van der Waals surface area contributed by atoms with E-state index in [-0.39, 0.29) is 106 Å². The van der Waals surface area contributed by atoms with E-state index in [1.54, 1.807) is 21.9 Å². The molecule has 0 bridgehead atoms. The number of anilines is 4. The van der Waals surface area contributed by atoms with Gasteiger partial charge in [-0.1, -0.05) is 87.8 Å². The number of carbonyl (C=O) groups excluding carboxylic acids is 2. The van der Waals surface area contributed by atoms with Crippen LogP contribution in [0.2, 0.25) is 5.15 Å². The van der Waals surface area contributed by atoms with Crippen LogP contribution in [0.3, 0.4) is 0 Å². The standard InChI is InChI=1S/C36H41F2N5O5.C28H33ClFN5O3.C14H20BFO4/c1-20(2)23-11-8-9-13-27(23)43-33-24(15-26(38)30(40-33)29-25(37)12-10-14-28(29)47-19-46-7)32-31(34(43)44)39-16-22-18-41(21(3)17-42(22)32)35(45)48-36(4,5)6;1-15(2)18-9-7-8-10-21(18)35-25-19(11-20(30)24(29)32-25)23-22(26(35)36)31-12-17-14-33(16(3)13-34(17)23)27(37)38-28(4,5)6;1-13(2)14(3,4)20-15(19-13)12-10(16)7-6-8-11(12)18-9-17-5/h8-15,20-22,39H,16-19H2,1-7H3;7-11,15-17,31H,12-14H2,1-6H3;6-8H,9H2,1-5H3/t21-,22+;16-,17+;/m11./s1. The first-order chi connectivity index (χ1) is 50.0. The minimum absolute atomic E-state index is 0.0377. The average molecular weight is 1490 g/mol. The summed E-state index contributed by atoms with van der Waals surface area (Å²) in [6, 6.07) is 25.7. The Morgan fingerprint density at radius 1 is 0.594 bits per heavy atom. The zero-order chi connectivity index (χ0) is 77.0. The largest absolute Gasteiger partial charge is 0.501 e. The molecule has 0 radical (unpaired) electrons. The number of benzene rings is 4. The van der Waals surface area contributed by atoms with Crippen molar-refractivity contribution >= 4 is 81.2 Å². The summed E-state index contributed by atoms with van der Waals surface area (Å²) in [6.07, 6.45) is -0.791. The predicted octanol–water partition coefficient (Wildman–Crippen LogP) is 14.3. The minimum atomic E-state index is -0.798. The lowest BCUT2D eigenvalue weighted by atomic mass is 9.78. The Labute approximate surface area is 620 Å². The highest BCUT2D eigenvalue weighted by Gasteiger charge is 2.54. The number of rotatable bonds is 12. The van der Waals surface area contributed by atoms with E-state index in [0.29, 0.717) is 89.9 Å². The number of aromatic nitrogens is 4. The number of nitrogens with zero attached hydrogens (tertiary/aromatic N) is 8. The maximum Gasteiger partial charge on any atom is 0.501 e. The van der Waals surface area contributed by atoms with Crippen molar-refractivity contribution in [2.75, 3.05) is 87.5 Å². The molecule has 22 nitrogen and oxygen atoms in total. The van der Waals surface area contributed by atoms with Crippen molar-refractivity contribution < 1.29 is 64.9 Å². The molecular weight excluding hydrogens is 1390 g/mol. The van der Waals surface area contributed by atoms with Gasteiger partial charge in [-0.2, -0.15) is 0 Å². The molecule has 3 fully saturated rings. The van der Waals surface area contributed by atoms with Crippen LogP contribution in [0.5, 0.6) is 11.5 Å². The molecule has 5 aliphatic heterocycles. The van der Waals surface area contributed by atoms with Crippen molar-refractivity contribution in [2.24, 2.45) is 0 Å². The number of fused-ring (bicyclic) bond motifs is 10. The van der Waals surface area contributed by atoms with Gasteiger partial charge in [0.15, 0.2) is 41.7 Å². The number of para-hydroxylation sites is 2. The van der Waals surface area contributed by atoms with Crippen LogP contribution in [0.25, 0.3) is 44.7 Å². The van der Waals surface area contributed by atoms with Crippen LogP contribution in [0.15, 0.2) is 107 Å². The smallest absolute Gasteiger partial charge is 0.468 e. The van der Waals surface area contributed by atoms with Crippen LogP contribution in [0.1, 0.15) is 134 Å². The van der Waals surface area contributed by atoms with Gasteiger partial charge in [0.2, 0.25) is 0 Å². The van der Waals surface area contributed by atoms with E-state index >= 15 is 8.78 Å². The maximum atomic E-state index is 16.4. The van der Waals surface area contributed by atoms with Gasteiger partial charge >= 0.3 is 19.3 Å². The molecule has 0 aliphatic carbocycles. The Morgan fingerprint density at radius 3 is 1.47 bits per heavy atom. The summed E-state index contributed by atoms with van der Waals surface area (Å²) in [5, 5.41) is 7.17. The van der Waals surface area contributed by atoms with Gasteiger partial charge in [-0.25, -0.2) is 37.1 Å². The van der Waals surface area contributed by atoms with Gasteiger partial charge in [-0.3, -0.25) is 18.7 Å². The molecule has 2 N–H and O–H groups in total. The van der Waals surface area contributed by atoms with Crippen molar-refractivity contribution in [2.45, 2.75) is 169 Å². The highest BCUT2D eigenvalue weighted by Crippen LogP contribution is 2.45. The van der Waals surface area contributed by atoms with E-state index in [2.05, 4.69) is 39.3 Å².